The van der Waals surface area contributed by atoms with E-state index in [9.17, 15) is 5.11 Å². The summed E-state index contributed by atoms with van der Waals surface area (Å²) in [6.07, 6.45) is 3.21. The van der Waals surface area contributed by atoms with Crippen molar-refractivity contribution in [2.75, 3.05) is 17.2 Å². The van der Waals surface area contributed by atoms with E-state index in [1.807, 2.05) is 0 Å². The molecule has 1 aromatic rings. The van der Waals surface area contributed by atoms with Crippen molar-refractivity contribution in [1.29, 1.82) is 10.5 Å². The highest BCUT2D eigenvalue weighted by Crippen LogP contribution is 2.36. The highest BCUT2D eigenvalue weighted by atomic mass is 16.3. The topological polar surface area (TPSA) is 91.9 Å². The summed E-state index contributed by atoms with van der Waals surface area (Å²) in [4.78, 5) is 0. The number of hydrogen-bond acceptors (Lipinski definition) is 5. The summed E-state index contributed by atoms with van der Waals surface area (Å²) < 4.78 is 0. The number of nitrogens with zero attached hydrogens (tertiary/aromatic N) is 2. The van der Waals surface area contributed by atoms with Crippen molar-refractivity contribution in [1.82, 2.24) is 0 Å². The molecule has 3 N–H and O–H groups in total. The Balaban J connectivity index is 2.33. The predicted octanol–water partition coefficient (Wildman–Crippen LogP) is 2.09. The predicted molar refractivity (Wildman–Crippen MR) is 67.8 cm³/mol. The monoisotopic (exact) mass is 240 g/mol. The summed E-state index contributed by atoms with van der Waals surface area (Å²) >= 11 is 0. The maximum absolute atomic E-state index is 9.74. The molecule has 0 fully saturated rings. The SMILES string of the molecule is N#CC(C#N)=CNc1ccc(O)c2c1CCCN2. The normalized spacial score (nSPS) is 12.3. The number of benzene rings is 1. The van der Waals surface area contributed by atoms with Crippen molar-refractivity contribution >= 4 is 11.4 Å². The largest absolute Gasteiger partial charge is 0.506 e. The zero-order valence-corrected chi connectivity index (χ0v) is 9.70. The minimum absolute atomic E-state index is 0.0144. The van der Waals surface area contributed by atoms with Crippen LogP contribution in [0.25, 0.3) is 0 Å². The van der Waals surface area contributed by atoms with E-state index in [1.165, 1.54) is 6.20 Å². The summed E-state index contributed by atoms with van der Waals surface area (Å²) in [6, 6.07) is 6.90. The van der Waals surface area contributed by atoms with Gasteiger partial charge in [0.05, 0.1) is 5.69 Å². The first-order valence-corrected chi connectivity index (χ1v) is 5.62. The van der Waals surface area contributed by atoms with Gasteiger partial charge in [0, 0.05) is 24.0 Å². The average Bonchev–Trinajstić information content (AvgIpc) is 2.42. The van der Waals surface area contributed by atoms with Crippen LogP contribution in [-0.4, -0.2) is 11.7 Å². The second-order valence-electron chi connectivity index (χ2n) is 3.94. The van der Waals surface area contributed by atoms with Gasteiger partial charge in [0.15, 0.2) is 0 Å². The summed E-state index contributed by atoms with van der Waals surface area (Å²) in [5, 5.41) is 33.1. The summed E-state index contributed by atoms with van der Waals surface area (Å²) in [6.45, 7) is 0.835. The molecule has 90 valence electrons. The van der Waals surface area contributed by atoms with Crippen LogP contribution in [0.3, 0.4) is 0 Å². The molecule has 1 aliphatic heterocycles. The van der Waals surface area contributed by atoms with Crippen LogP contribution in [0.1, 0.15) is 12.0 Å². The quantitative estimate of drug-likeness (QED) is 0.418. The van der Waals surface area contributed by atoms with Crippen LogP contribution in [0.2, 0.25) is 0 Å². The van der Waals surface area contributed by atoms with Gasteiger partial charge in [-0.05, 0) is 25.0 Å². The van der Waals surface area contributed by atoms with Crippen LogP contribution in [0, 0.1) is 22.7 Å². The number of hydrogen-bond donors (Lipinski definition) is 3. The average molecular weight is 240 g/mol. The molecule has 1 heterocycles. The third-order valence-electron chi connectivity index (χ3n) is 2.81. The standard InChI is InChI=1S/C13H12N4O/c14-6-9(7-15)8-17-11-3-4-12(18)13-10(11)2-1-5-16-13/h3-4,8,16-18H,1-2,5H2. The fourth-order valence-electron chi connectivity index (χ4n) is 1.95. The molecule has 0 saturated carbocycles. The molecule has 5 heteroatoms. The molecule has 2 rings (SSSR count). The Morgan fingerprint density at radius 3 is 2.89 bits per heavy atom. The number of allylic oxidation sites excluding steroid dienone is 1. The number of rotatable bonds is 2. The number of phenols is 1. The van der Waals surface area contributed by atoms with E-state index >= 15 is 0 Å². The molecule has 0 aliphatic carbocycles. The second-order valence-corrected chi connectivity index (χ2v) is 3.94. The molecule has 0 bridgehead atoms. The minimum Gasteiger partial charge on any atom is -0.506 e. The highest BCUT2D eigenvalue weighted by Gasteiger charge is 2.15. The molecule has 1 aromatic carbocycles. The Morgan fingerprint density at radius 2 is 2.17 bits per heavy atom. The van der Waals surface area contributed by atoms with E-state index < -0.39 is 0 Å². The molecule has 18 heavy (non-hydrogen) atoms. The molecular weight excluding hydrogens is 228 g/mol. The van der Waals surface area contributed by atoms with Crippen molar-refractivity contribution in [3.05, 3.63) is 29.5 Å². The van der Waals surface area contributed by atoms with Gasteiger partial charge in [-0.25, -0.2) is 0 Å². The number of aromatic hydroxyl groups is 1. The molecule has 0 atom stereocenters. The summed E-state index contributed by atoms with van der Waals surface area (Å²) in [5.74, 6) is 0.222. The first-order chi connectivity index (χ1) is 8.76. The van der Waals surface area contributed by atoms with E-state index in [2.05, 4.69) is 10.6 Å². The van der Waals surface area contributed by atoms with Crippen molar-refractivity contribution < 1.29 is 5.11 Å². The third kappa shape index (κ3) is 2.21. The zero-order valence-electron chi connectivity index (χ0n) is 9.70. The smallest absolute Gasteiger partial charge is 0.145 e. The van der Waals surface area contributed by atoms with Gasteiger partial charge in [-0.2, -0.15) is 10.5 Å². The highest BCUT2D eigenvalue weighted by molar-refractivity contribution is 5.73. The Kier molecular flexibility index (Phi) is 3.36. The lowest BCUT2D eigenvalue weighted by Gasteiger charge is -2.21. The molecule has 1 aliphatic rings. The first kappa shape index (κ1) is 11.8. The minimum atomic E-state index is 0.0144. The lowest BCUT2D eigenvalue weighted by atomic mass is 10.0. The third-order valence-corrected chi connectivity index (χ3v) is 2.81. The van der Waals surface area contributed by atoms with E-state index in [-0.39, 0.29) is 11.3 Å². The van der Waals surface area contributed by atoms with Gasteiger partial charge in [0.2, 0.25) is 0 Å². The number of phenolic OH excluding ortho intramolecular Hbond substituents is 1. The lowest BCUT2D eigenvalue weighted by Crippen LogP contribution is -2.13. The van der Waals surface area contributed by atoms with Crippen LogP contribution < -0.4 is 10.6 Å². The Labute approximate surface area is 105 Å². The van der Waals surface area contributed by atoms with Crippen LogP contribution in [0.5, 0.6) is 5.75 Å². The van der Waals surface area contributed by atoms with Crippen LogP contribution in [0.15, 0.2) is 23.9 Å². The number of nitriles is 2. The second kappa shape index (κ2) is 5.11. The lowest BCUT2D eigenvalue weighted by molar-refractivity contribution is 0.475. The molecule has 0 radical (unpaired) electrons. The molecule has 0 aromatic heterocycles. The van der Waals surface area contributed by atoms with E-state index in [0.717, 1.165) is 36.3 Å². The van der Waals surface area contributed by atoms with Crippen LogP contribution in [-0.2, 0) is 6.42 Å². The molecule has 0 unspecified atom stereocenters. The molecule has 0 spiro atoms. The number of fused-ring (bicyclic) bond motifs is 1. The van der Waals surface area contributed by atoms with Crippen LogP contribution >= 0.6 is 0 Å². The summed E-state index contributed by atoms with van der Waals surface area (Å²) in [5.41, 5.74) is 2.53. The first-order valence-electron chi connectivity index (χ1n) is 5.62. The van der Waals surface area contributed by atoms with Gasteiger partial charge in [-0.3, -0.25) is 0 Å². The number of nitrogens with one attached hydrogen (secondary N) is 2. The molecule has 5 nitrogen and oxygen atoms in total. The molecular formula is C13H12N4O. The molecule has 0 amide bonds. The van der Waals surface area contributed by atoms with Crippen molar-refractivity contribution in [2.24, 2.45) is 0 Å². The Bertz CT molecular complexity index is 562. The fraction of sp³-hybridized carbons (Fsp3) is 0.231. The number of anilines is 2. The van der Waals surface area contributed by atoms with Crippen molar-refractivity contribution in [3.8, 4) is 17.9 Å². The Hall–Kier alpha value is -2.66. The van der Waals surface area contributed by atoms with Crippen molar-refractivity contribution in [2.45, 2.75) is 12.8 Å². The van der Waals surface area contributed by atoms with E-state index in [1.54, 1.807) is 24.3 Å². The van der Waals surface area contributed by atoms with Gasteiger partial charge in [-0.15, -0.1) is 0 Å². The fourth-order valence-corrected chi connectivity index (χ4v) is 1.95. The van der Waals surface area contributed by atoms with Crippen molar-refractivity contribution in [3.63, 3.8) is 0 Å². The van der Waals surface area contributed by atoms with E-state index in [0.29, 0.717) is 0 Å². The van der Waals surface area contributed by atoms with Crippen LogP contribution in [0.4, 0.5) is 11.4 Å². The Morgan fingerprint density at radius 1 is 1.39 bits per heavy atom. The van der Waals surface area contributed by atoms with Gasteiger partial charge in [0.1, 0.15) is 23.5 Å². The van der Waals surface area contributed by atoms with Gasteiger partial charge in [-0.1, -0.05) is 0 Å². The summed E-state index contributed by atoms with van der Waals surface area (Å²) in [7, 11) is 0. The van der Waals surface area contributed by atoms with Gasteiger partial charge >= 0.3 is 0 Å². The molecule has 0 saturated heterocycles. The van der Waals surface area contributed by atoms with Gasteiger partial charge in [0.25, 0.3) is 0 Å². The maximum atomic E-state index is 9.74. The maximum Gasteiger partial charge on any atom is 0.145 e. The van der Waals surface area contributed by atoms with Gasteiger partial charge < -0.3 is 15.7 Å². The zero-order chi connectivity index (χ0) is 13.0. The van der Waals surface area contributed by atoms with E-state index in [4.69, 9.17) is 10.5 Å².